The first kappa shape index (κ1) is 20.9. The maximum Gasteiger partial charge on any atom is 0.410 e. The second-order valence-electron chi connectivity index (χ2n) is 7.90. The number of piperidine rings is 1. The average Bonchev–Trinajstić information content (AvgIpc) is 2.59. The number of amides is 2. The standard InChI is InChI=1S/C21H29FN2O3/c1-21(2,3)27-20(26)24-13-5-7-17(15-24)11-12-23-19(25)10-9-16-6-4-8-18(22)14-16/h4,6,8-10,14,17H,5,7,11-13,15H2,1-3H3,(H,23,25). The van der Waals surface area contributed by atoms with E-state index in [0.717, 1.165) is 19.3 Å². The normalized spacial score (nSPS) is 17.8. The zero-order chi connectivity index (χ0) is 19.9. The maximum absolute atomic E-state index is 13.1. The SMILES string of the molecule is CC(C)(C)OC(=O)N1CCCC(CCNC(=O)C=Cc2cccc(F)c2)C1. The summed E-state index contributed by atoms with van der Waals surface area (Å²) in [5.74, 6) is -0.192. The van der Waals surface area contributed by atoms with Gasteiger partial charge in [-0.1, -0.05) is 12.1 Å². The largest absolute Gasteiger partial charge is 0.444 e. The fraction of sp³-hybridized carbons (Fsp3) is 0.524. The monoisotopic (exact) mass is 376 g/mol. The van der Waals surface area contributed by atoms with Gasteiger partial charge in [-0.3, -0.25) is 4.79 Å². The lowest BCUT2D eigenvalue weighted by Crippen LogP contribution is -2.43. The van der Waals surface area contributed by atoms with Crippen LogP contribution in [-0.4, -0.2) is 42.1 Å². The molecule has 1 aliphatic heterocycles. The summed E-state index contributed by atoms with van der Waals surface area (Å²) in [6.07, 6.45) is 5.50. The van der Waals surface area contributed by atoms with E-state index in [-0.39, 0.29) is 17.8 Å². The van der Waals surface area contributed by atoms with Gasteiger partial charge in [0.25, 0.3) is 0 Å². The van der Waals surface area contributed by atoms with E-state index in [4.69, 9.17) is 4.74 Å². The van der Waals surface area contributed by atoms with Crippen molar-refractivity contribution in [3.63, 3.8) is 0 Å². The van der Waals surface area contributed by atoms with Crippen molar-refractivity contribution in [2.45, 2.75) is 45.6 Å². The maximum atomic E-state index is 13.1. The predicted molar refractivity (Wildman–Crippen MR) is 104 cm³/mol. The van der Waals surface area contributed by atoms with Gasteiger partial charge in [0.15, 0.2) is 0 Å². The van der Waals surface area contributed by atoms with Crippen LogP contribution < -0.4 is 5.32 Å². The number of carbonyl (C=O) groups excluding carboxylic acids is 2. The van der Waals surface area contributed by atoms with Gasteiger partial charge in [-0.2, -0.15) is 0 Å². The van der Waals surface area contributed by atoms with Crippen LogP contribution in [0.4, 0.5) is 9.18 Å². The minimum atomic E-state index is -0.494. The van der Waals surface area contributed by atoms with Gasteiger partial charge in [-0.05, 0) is 69.7 Å². The van der Waals surface area contributed by atoms with Crippen LogP contribution in [0.3, 0.4) is 0 Å². The molecule has 0 saturated carbocycles. The highest BCUT2D eigenvalue weighted by atomic mass is 19.1. The molecular formula is C21H29FN2O3. The smallest absolute Gasteiger partial charge is 0.410 e. The summed E-state index contributed by atoms with van der Waals surface area (Å²) in [6, 6.07) is 6.08. The molecular weight excluding hydrogens is 347 g/mol. The van der Waals surface area contributed by atoms with E-state index in [0.29, 0.717) is 31.1 Å². The van der Waals surface area contributed by atoms with Crippen LogP contribution in [0.1, 0.15) is 45.6 Å². The van der Waals surface area contributed by atoms with Gasteiger partial charge in [0.05, 0.1) is 0 Å². The van der Waals surface area contributed by atoms with Crippen LogP contribution in [0, 0.1) is 11.7 Å². The second kappa shape index (κ2) is 9.53. The molecule has 1 aliphatic rings. The molecule has 1 unspecified atom stereocenters. The minimum Gasteiger partial charge on any atom is -0.444 e. The van der Waals surface area contributed by atoms with Gasteiger partial charge in [-0.15, -0.1) is 0 Å². The molecule has 0 aliphatic carbocycles. The fourth-order valence-electron chi connectivity index (χ4n) is 3.03. The number of halogens is 1. The summed E-state index contributed by atoms with van der Waals surface area (Å²) in [7, 11) is 0. The van der Waals surface area contributed by atoms with E-state index >= 15 is 0 Å². The van der Waals surface area contributed by atoms with Crippen molar-refractivity contribution in [3.05, 3.63) is 41.7 Å². The molecule has 6 heteroatoms. The van der Waals surface area contributed by atoms with Crippen molar-refractivity contribution in [2.75, 3.05) is 19.6 Å². The predicted octanol–water partition coefficient (Wildman–Crippen LogP) is 3.99. The average molecular weight is 376 g/mol. The Hall–Kier alpha value is -2.37. The molecule has 1 aromatic rings. The van der Waals surface area contributed by atoms with Crippen LogP contribution in [0.15, 0.2) is 30.3 Å². The van der Waals surface area contributed by atoms with E-state index in [1.807, 2.05) is 20.8 Å². The van der Waals surface area contributed by atoms with Gasteiger partial charge in [0, 0.05) is 25.7 Å². The Labute approximate surface area is 160 Å². The van der Waals surface area contributed by atoms with E-state index in [1.54, 1.807) is 23.1 Å². The van der Waals surface area contributed by atoms with Crippen LogP contribution in [0.2, 0.25) is 0 Å². The Balaban J connectivity index is 1.73. The summed E-state index contributed by atoms with van der Waals surface area (Å²) in [6.45, 7) is 7.49. The summed E-state index contributed by atoms with van der Waals surface area (Å²) >= 11 is 0. The van der Waals surface area contributed by atoms with Gasteiger partial charge >= 0.3 is 6.09 Å². The summed E-state index contributed by atoms with van der Waals surface area (Å²) in [4.78, 5) is 25.8. The number of rotatable bonds is 5. The molecule has 1 heterocycles. The van der Waals surface area contributed by atoms with E-state index < -0.39 is 5.60 Å². The quantitative estimate of drug-likeness (QED) is 0.791. The number of likely N-dealkylation sites (tertiary alicyclic amines) is 1. The first-order valence-electron chi connectivity index (χ1n) is 9.42. The van der Waals surface area contributed by atoms with Crippen molar-refractivity contribution in [2.24, 2.45) is 5.92 Å². The number of ether oxygens (including phenoxy) is 1. The Morgan fingerprint density at radius 1 is 1.37 bits per heavy atom. The van der Waals surface area contributed by atoms with Crippen LogP contribution >= 0.6 is 0 Å². The lowest BCUT2D eigenvalue weighted by Gasteiger charge is -2.34. The third kappa shape index (κ3) is 7.81. The fourth-order valence-corrected chi connectivity index (χ4v) is 3.03. The van der Waals surface area contributed by atoms with Crippen molar-refractivity contribution in [3.8, 4) is 0 Å². The molecule has 148 valence electrons. The second-order valence-corrected chi connectivity index (χ2v) is 7.90. The van der Waals surface area contributed by atoms with Gasteiger partial charge < -0.3 is 15.0 Å². The van der Waals surface area contributed by atoms with Gasteiger partial charge in [0.2, 0.25) is 5.91 Å². The molecule has 1 saturated heterocycles. The lowest BCUT2D eigenvalue weighted by atomic mass is 9.95. The molecule has 27 heavy (non-hydrogen) atoms. The first-order valence-corrected chi connectivity index (χ1v) is 9.42. The number of hydrogen-bond acceptors (Lipinski definition) is 3. The zero-order valence-electron chi connectivity index (χ0n) is 16.3. The molecule has 2 rings (SSSR count). The van der Waals surface area contributed by atoms with Gasteiger partial charge in [0.1, 0.15) is 11.4 Å². The van der Waals surface area contributed by atoms with Crippen molar-refractivity contribution in [1.29, 1.82) is 0 Å². The molecule has 0 aromatic heterocycles. The topological polar surface area (TPSA) is 58.6 Å². The van der Waals surface area contributed by atoms with Gasteiger partial charge in [-0.25, -0.2) is 9.18 Å². The number of benzene rings is 1. The summed E-state index contributed by atoms with van der Waals surface area (Å²) < 4.78 is 18.5. The molecule has 1 atom stereocenters. The van der Waals surface area contributed by atoms with Crippen molar-refractivity contribution >= 4 is 18.1 Å². The third-order valence-electron chi connectivity index (χ3n) is 4.30. The lowest BCUT2D eigenvalue weighted by molar-refractivity contribution is -0.116. The number of nitrogens with zero attached hydrogens (tertiary/aromatic N) is 1. The molecule has 1 N–H and O–H groups in total. The van der Waals surface area contributed by atoms with Crippen LogP contribution in [-0.2, 0) is 9.53 Å². The Morgan fingerprint density at radius 3 is 2.85 bits per heavy atom. The van der Waals surface area contributed by atoms with Crippen molar-refractivity contribution in [1.82, 2.24) is 10.2 Å². The summed E-state index contributed by atoms with van der Waals surface area (Å²) in [5.41, 5.74) is 0.150. The first-order chi connectivity index (χ1) is 12.7. The minimum absolute atomic E-state index is 0.209. The zero-order valence-corrected chi connectivity index (χ0v) is 16.3. The molecule has 1 aromatic carbocycles. The van der Waals surface area contributed by atoms with E-state index in [9.17, 15) is 14.0 Å². The molecule has 5 nitrogen and oxygen atoms in total. The molecule has 0 radical (unpaired) electrons. The highest BCUT2D eigenvalue weighted by Crippen LogP contribution is 2.21. The van der Waals surface area contributed by atoms with E-state index in [2.05, 4.69) is 5.32 Å². The molecule has 0 bridgehead atoms. The molecule has 1 fully saturated rings. The third-order valence-corrected chi connectivity index (χ3v) is 4.30. The Morgan fingerprint density at radius 2 is 2.15 bits per heavy atom. The number of carbonyl (C=O) groups is 2. The highest BCUT2D eigenvalue weighted by molar-refractivity contribution is 5.91. The van der Waals surface area contributed by atoms with Crippen molar-refractivity contribution < 1.29 is 18.7 Å². The van der Waals surface area contributed by atoms with E-state index in [1.165, 1.54) is 18.2 Å². The summed E-state index contributed by atoms with van der Waals surface area (Å²) in [5, 5.41) is 2.84. The molecule has 2 amide bonds. The molecule has 0 spiro atoms. The number of nitrogens with one attached hydrogen (secondary N) is 1. The Bertz CT molecular complexity index is 682. The van der Waals surface area contributed by atoms with Crippen LogP contribution in [0.5, 0.6) is 0 Å². The van der Waals surface area contributed by atoms with Crippen LogP contribution in [0.25, 0.3) is 6.08 Å². The highest BCUT2D eigenvalue weighted by Gasteiger charge is 2.27. The Kier molecular flexibility index (Phi) is 7.39. The number of hydrogen-bond donors (Lipinski definition) is 1.